The van der Waals surface area contributed by atoms with Crippen molar-refractivity contribution < 1.29 is 19.4 Å². The van der Waals surface area contributed by atoms with Crippen LogP contribution in [0.15, 0.2) is 0 Å². The van der Waals surface area contributed by atoms with Gasteiger partial charge in [0.25, 0.3) is 0 Å². The Morgan fingerprint density at radius 3 is 2.53 bits per heavy atom. The number of hydrogen-bond donors (Lipinski definition) is 3. The number of nitrogens with one attached hydrogen (secondary N) is 2. The topological polar surface area (TPSA) is 87.7 Å². The summed E-state index contributed by atoms with van der Waals surface area (Å²) < 4.78 is 5.74. The summed E-state index contributed by atoms with van der Waals surface area (Å²) >= 11 is 0. The van der Waals surface area contributed by atoms with E-state index in [9.17, 15) is 9.59 Å². The second kappa shape index (κ2) is 5.77. The fourth-order valence-corrected chi connectivity index (χ4v) is 2.02. The quantitative estimate of drug-likeness (QED) is 0.707. The first-order valence-electron chi connectivity index (χ1n) is 6.66. The Labute approximate surface area is 113 Å². The number of carboxylic acids is 1. The molecule has 1 saturated heterocycles. The molecule has 2 unspecified atom stereocenters. The molecule has 6 nitrogen and oxygen atoms in total. The highest BCUT2D eigenvalue weighted by Crippen LogP contribution is 2.28. The highest BCUT2D eigenvalue weighted by Gasteiger charge is 2.34. The number of carbonyl (C=O) groups is 2. The molecule has 0 aromatic heterocycles. The van der Waals surface area contributed by atoms with Crippen LogP contribution in [-0.4, -0.2) is 40.9 Å². The molecular weight excluding hydrogens is 248 g/mol. The van der Waals surface area contributed by atoms with E-state index in [1.54, 1.807) is 6.92 Å². The smallest absolute Gasteiger partial charge is 0.329 e. The van der Waals surface area contributed by atoms with Gasteiger partial charge in [0.15, 0.2) is 0 Å². The van der Waals surface area contributed by atoms with E-state index in [1.165, 1.54) is 6.92 Å². The molecule has 110 valence electrons. The number of aliphatic carboxylic acids is 1. The fraction of sp³-hybridized carbons (Fsp3) is 0.846. The third-order valence-corrected chi connectivity index (χ3v) is 3.61. The first kappa shape index (κ1) is 15.8. The second-order valence-electron chi connectivity index (χ2n) is 5.86. The molecule has 0 radical (unpaired) electrons. The number of ether oxygens (including phenoxy) is 1. The average molecular weight is 272 g/mol. The number of carboxylic acid groups (broad SMARTS) is 1. The van der Waals surface area contributed by atoms with Crippen molar-refractivity contribution in [3.05, 3.63) is 0 Å². The average Bonchev–Trinajstić information content (AvgIpc) is 2.66. The van der Waals surface area contributed by atoms with Gasteiger partial charge in [0.1, 0.15) is 5.54 Å². The molecule has 2 amide bonds. The Balaban J connectivity index is 2.38. The molecule has 1 fully saturated rings. The van der Waals surface area contributed by atoms with E-state index in [4.69, 9.17) is 9.84 Å². The van der Waals surface area contributed by atoms with Crippen LogP contribution in [0.2, 0.25) is 0 Å². The van der Waals surface area contributed by atoms with Crippen molar-refractivity contribution in [1.29, 1.82) is 0 Å². The third kappa shape index (κ3) is 4.38. The van der Waals surface area contributed by atoms with E-state index >= 15 is 0 Å². The zero-order valence-corrected chi connectivity index (χ0v) is 12.1. The second-order valence-corrected chi connectivity index (χ2v) is 5.86. The number of urea groups is 1. The lowest BCUT2D eigenvalue weighted by Gasteiger charge is -2.25. The lowest BCUT2D eigenvalue weighted by molar-refractivity contribution is -0.143. The minimum atomic E-state index is -1.24. The van der Waals surface area contributed by atoms with Crippen molar-refractivity contribution in [2.24, 2.45) is 0 Å². The fourth-order valence-electron chi connectivity index (χ4n) is 2.02. The van der Waals surface area contributed by atoms with Crippen LogP contribution in [0.25, 0.3) is 0 Å². The van der Waals surface area contributed by atoms with Crippen LogP contribution in [0.3, 0.4) is 0 Å². The summed E-state index contributed by atoms with van der Waals surface area (Å²) in [5.74, 6) is -1.04. The van der Waals surface area contributed by atoms with E-state index in [-0.39, 0.29) is 11.7 Å². The largest absolute Gasteiger partial charge is 0.480 e. The van der Waals surface area contributed by atoms with Gasteiger partial charge in [0, 0.05) is 6.54 Å². The van der Waals surface area contributed by atoms with Crippen molar-refractivity contribution in [2.75, 3.05) is 6.54 Å². The van der Waals surface area contributed by atoms with Crippen LogP contribution in [0.1, 0.15) is 47.0 Å². The van der Waals surface area contributed by atoms with Crippen LogP contribution in [0.5, 0.6) is 0 Å². The summed E-state index contributed by atoms with van der Waals surface area (Å²) in [7, 11) is 0. The molecular formula is C13H24N2O4. The molecule has 0 aromatic rings. The Bertz CT molecular complexity index is 357. The number of hydrogen-bond acceptors (Lipinski definition) is 3. The van der Waals surface area contributed by atoms with Gasteiger partial charge in [-0.3, -0.25) is 0 Å². The van der Waals surface area contributed by atoms with E-state index in [1.807, 2.05) is 13.8 Å². The van der Waals surface area contributed by atoms with Crippen LogP contribution in [-0.2, 0) is 9.53 Å². The van der Waals surface area contributed by atoms with Crippen molar-refractivity contribution in [3.63, 3.8) is 0 Å². The predicted octanol–water partition coefficient (Wildman–Crippen LogP) is 1.50. The van der Waals surface area contributed by atoms with Crippen LogP contribution >= 0.6 is 0 Å². The molecule has 1 aliphatic heterocycles. The molecule has 0 aromatic carbocycles. The van der Waals surface area contributed by atoms with E-state index in [2.05, 4.69) is 10.6 Å². The number of amides is 2. The van der Waals surface area contributed by atoms with E-state index < -0.39 is 17.5 Å². The third-order valence-electron chi connectivity index (χ3n) is 3.61. The summed E-state index contributed by atoms with van der Waals surface area (Å²) in [4.78, 5) is 22.8. The van der Waals surface area contributed by atoms with Gasteiger partial charge in [-0.05, 0) is 40.0 Å². The molecule has 0 saturated carbocycles. The molecule has 1 rings (SSSR count). The highest BCUT2D eigenvalue weighted by atomic mass is 16.5. The molecule has 2 atom stereocenters. The van der Waals surface area contributed by atoms with Gasteiger partial charge in [-0.2, -0.15) is 0 Å². The summed E-state index contributed by atoms with van der Waals surface area (Å²) in [6.07, 6.45) is 2.18. The molecule has 0 bridgehead atoms. The Kier molecular flexibility index (Phi) is 4.79. The lowest BCUT2D eigenvalue weighted by atomic mass is 10.00. The van der Waals surface area contributed by atoms with Gasteiger partial charge in [-0.25, -0.2) is 9.59 Å². The van der Waals surface area contributed by atoms with Crippen molar-refractivity contribution in [3.8, 4) is 0 Å². The molecule has 1 aliphatic rings. The first-order chi connectivity index (χ1) is 8.68. The van der Waals surface area contributed by atoms with Crippen molar-refractivity contribution >= 4 is 12.0 Å². The van der Waals surface area contributed by atoms with Gasteiger partial charge in [-0.1, -0.05) is 6.92 Å². The van der Waals surface area contributed by atoms with Crippen LogP contribution < -0.4 is 10.6 Å². The molecule has 3 N–H and O–H groups in total. The van der Waals surface area contributed by atoms with E-state index in [0.717, 1.165) is 12.8 Å². The maximum absolute atomic E-state index is 11.7. The Morgan fingerprint density at radius 2 is 2.11 bits per heavy atom. The molecule has 0 spiro atoms. The number of carbonyl (C=O) groups excluding carboxylic acids is 1. The van der Waals surface area contributed by atoms with Crippen LogP contribution in [0.4, 0.5) is 4.79 Å². The molecule has 19 heavy (non-hydrogen) atoms. The summed E-state index contributed by atoms with van der Waals surface area (Å²) in [6.45, 7) is 7.65. The SMILES string of the molecule is CCC(C)(NC(=O)NCC1CCC(C)(C)O1)C(=O)O. The summed E-state index contributed by atoms with van der Waals surface area (Å²) in [6, 6.07) is -0.472. The van der Waals surface area contributed by atoms with Crippen molar-refractivity contribution in [2.45, 2.75) is 64.2 Å². The minimum absolute atomic E-state index is 0.00143. The van der Waals surface area contributed by atoms with Crippen LogP contribution in [0, 0.1) is 0 Å². The first-order valence-corrected chi connectivity index (χ1v) is 6.66. The van der Waals surface area contributed by atoms with Gasteiger partial charge in [0.05, 0.1) is 11.7 Å². The highest BCUT2D eigenvalue weighted by molar-refractivity contribution is 5.85. The predicted molar refractivity (Wildman–Crippen MR) is 71.1 cm³/mol. The Hall–Kier alpha value is -1.30. The standard InChI is InChI=1S/C13H24N2O4/c1-5-13(4,10(16)17)15-11(18)14-8-9-6-7-12(2,3)19-9/h9H,5-8H2,1-4H3,(H,16,17)(H2,14,15,18). The van der Waals surface area contributed by atoms with Gasteiger partial charge in [0.2, 0.25) is 0 Å². The summed E-state index contributed by atoms with van der Waals surface area (Å²) in [5.41, 5.74) is -1.37. The molecule has 6 heteroatoms. The van der Waals surface area contributed by atoms with Gasteiger partial charge >= 0.3 is 12.0 Å². The zero-order valence-electron chi connectivity index (χ0n) is 12.1. The lowest BCUT2D eigenvalue weighted by Crippen LogP contribution is -2.55. The maximum Gasteiger partial charge on any atom is 0.329 e. The Morgan fingerprint density at radius 1 is 1.47 bits per heavy atom. The molecule has 1 heterocycles. The van der Waals surface area contributed by atoms with Gasteiger partial charge in [-0.15, -0.1) is 0 Å². The van der Waals surface area contributed by atoms with Crippen molar-refractivity contribution in [1.82, 2.24) is 10.6 Å². The number of rotatable bonds is 5. The zero-order chi connectivity index (χ0) is 14.7. The maximum atomic E-state index is 11.7. The van der Waals surface area contributed by atoms with E-state index in [0.29, 0.717) is 13.0 Å². The minimum Gasteiger partial charge on any atom is -0.480 e. The van der Waals surface area contributed by atoms with Gasteiger partial charge < -0.3 is 20.5 Å². The monoisotopic (exact) mass is 272 g/mol. The summed E-state index contributed by atoms with van der Waals surface area (Å²) in [5, 5.41) is 14.2. The normalized spacial score (nSPS) is 24.5. The molecule has 0 aliphatic carbocycles.